The van der Waals surface area contributed by atoms with Crippen molar-refractivity contribution in [2.45, 2.75) is 45.6 Å². The maximum atomic E-state index is 9.52. The van der Waals surface area contributed by atoms with Gasteiger partial charge in [-0.1, -0.05) is 26.3 Å². The SMILES string of the molecule is CCC/C=C1\[C@H](O)CC[C@@H]1C. The topological polar surface area (TPSA) is 20.2 Å². The first-order chi connectivity index (χ1) is 5.25. The van der Waals surface area contributed by atoms with Gasteiger partial charge in [-0.05, 0) is 30.8 Å². The molecule has 0 saturated heterocycles. The fourth-order valence-corrected chi connectivity index (χ4v) is 1.72. The van der Waals surface area contributed by atoms with E-state index in [2.05, 4.69) is 19.9 Å². The lowest BCUT2D eigenvalue weighted by atomic mass is 10.0. The van der Waals surface area contributed by atoms with Crippen LogP contribution >= 0.6 is 0 Å². The lowest BCUT2D eigenvalue weighted by Gasteiger charge is -2.07. The Hall–Kier alpha value is -0.300. The molecule has 0 spiro atoms. The first kappa shape index (κ1) is 8.79. The molecule has 1 aliphatic carbocycles. The largest absolute Gasteiger partial charge is 0.389 e. The Morgan fingerprint density at radius 3 is 2.73 bits per heavy atom. The molecular formula is C10H18O. The molecular weight excluding hydrogens is 136 g/mol. The van der Waals surface area contributed by atoms with Crippen molar-refractivity contribution in [2.75, 3.05) is 0 Å². The second-order valence-corrected chi connectivity index (χ2v) is 3.49. The van der Waals surface area contributed by atoms with E-state index >= 15 is 0 Å². The second-order valence-electron chi connectivity index (χ2n) is 3.49. The molecule has 64 valence electrons. The summed E-state index contributed by atoms with van der Waals surface area (Å²) in [5.74, 6) is 0.622. The number of hydrogen-bond donors (Lipinski definition) is 1. The third-order valence-electron chi connectivity index (χ3n) is 2.50. The predicted octanol–water partition coefficient (Wildman–Crippen LogP) is 2.50. The fourth-order valence-electron chi connectivity index (χ4n) is 1.72. The lowest BCUT2D eigenvalue weighted by molar-refractivity contribution is 0.217. The quantitative estimate of drug-likeness (QED) is 0.606. The number of allylic oxidation sites excluding steroid dienone is 1. The predicted molar refractivity (Wildman–Crippen MR) is 47.4 cm³/mol. The van der Waals surface area contributed by atoms with E-state index in [0.717, 1.165) is 19.3 Å². The van der Waals surface area contributed by atoms with Gasteiger partial charge in [-0.2, -0.15) is 0 Å². The van der Waals surface area contributed by atoms with E-state index in [9.17, 15) is 5.11 Å². The van der Waals surface area contributed by atoms with Gasteiger partial charge in [0, 0.05) is 0 Å². The second kappa shape index (κ2) is 3.91. The van der Waals surface area contributed by atoms with Gasteiger partial charge in [0.1, 0.15) is 0 Å². The van der Waals surface area contributed by atoms with Gasteiger partial charge in [0.2, 0.25) is 0 Å². The normalized spacial score (nSPS) is 35.0. The van der Waals surface area contributed by atoms with E-state index in [1.54, 1.807) is 0 Å². The van der Waals surface area contributed by atoms with Crippen molar-refractivity contribution in [3.05, 3.63) is 11.6 Å². The smallest absolute Gasteiger partial charge is 0.0752 e. The van der Waals surface area contributed by atoms with Gasteiger partial charge in [0.25, 0.3) is 0 Å². The van der Waals surface area contributed by atoms with Gasteiger partial charge in [-0.3, -0.25) is 0 Å². The summed E-state index contributed by atoms with van der Waals surface area (Å²) < 4.78 is 0. The zero-order valence-electron chi connectivity index (χ0n) is 7.51. The van der Waals surface area contributed by atoms with Crippen molar-refractivity contribution in [1.82, 2.24) is 0 Å². The molecule has 11 heavy (non-hydrogen) atoms. The van der Waals surface area contributed by atoms with Gasteiger partial charge in [0.15, 0.2) is 0 Å². The third-order valence-corrected chi connectivity index (χ3v) is 2.50. The van der Waals surface area contributed by atoms with Crippen molar-refractivity contribution in [1.29, 1.82) is 0 Å². The van der Waals surface area contributed by atoms with Crippen LogP contribution in [0.2, 0.25) is 0 Å². The summed E-state index contributed by atoms with van der Waals surface area (Å²) in [6.07, 6.45) is 6.53. The number of hydrogen-bond acceptors (Lipinski definition) is 1. The van der Waals surface area contributed by atoms with Crippen LogP contribution in [-0.2, 0) is 0 Å². The standard InChI is InChI=1S/C10H18O/c1-3-4-5-9-8(2)6-7-10(9)11/h5,8,10-11H,3-4,6-7H2,1-2H3/b9-5-/t8-,10+/m0/s1. The first-order valence-electron chi connectivity index (χ1n) is 4.63. The third kappa shape index (κ3) is 2.06. The molecule has 0 aromatic rings. The number of aliphatic hydroxyl groups is 1. The molecule has 0 bridgehead atoms. The highest BCUT2D eigenvalue weighted by molar-refractivity contribution is 5.15. The van der Waals surface area contributed by atoms with Crippen LogP contribution in [0, 0.1) is 5.92 Å². The number of aliphatic hydroxyl groups excluding tert-OH is 1. The monoisotopic (exact) mass is 154 g/mol. The Morgan fingerprint density at radius 2 is 2.27 bits per heavy atom. The van der Waals surface area contributed by atoms with Crippen molar-refractivity contribution in [3.63, 3.8) is 0 Å². The van der Waals surface area contributed by atoms with Crippen molar-refractivity contribution < 1.29 is 5.11 Å². The average molecular weight is 154 g/mol. The maximum absolute atomic E-state index is 9.52. The summed E-state index contributed by atoms with van der Waals surface area (Å²) in [6, 6.07) is 0. The van der Waals surface area contributed by atoms with E-state index in [4.69, 9.17) is 0 Å². The number of rotatable bonds is 2. The van der Waals surface area contributed by atoms with Gasteiger partial charge in [0.05, 0.1) is 6.10 Å². The minimum atomic E-state index is -0.128. The van der Waals surface area contributed by atoms with Crippen LogP contribution in [0.5, 0.6) is 0 Å². The summed E-state index contributed by atoms with van der Waals surface area (Å²) in [4.78, 5) is 0. The van der Waals surface area contributed by atoms with Crippen molar-refractivity contribution in [3.8, 4) is 0 Å². The highest BCUT2D eigenvalue weighted by Crippen LogP contribution is 2.31. The molecule has 1 aliphatic rings. The van der Waals surface area contributed by atoms with Gasteiger partial charge in [-0.25, -0.2) is 0 Å². The summed E-state index contributed by atoms with van der Waals surface area (Å²) in [7, 11) is 0. The Labute approximate surface area is 69.1 Å². The molecule has 1 fully saturated rings. The molecule has 1 saturated carbocycles. The fraction of sp³-hybridized carbons (Fsp3) is 0.800. The molecule has 0 radical (unpaired) electrons. The van der Waals surface area contributed by atoms with Crippen LogP contribution in [0.4, 0.5) is 0 Å². The highest BCUT2D eigenvalue weighted by Gasteiger charge is 2.24. The van der Waals surface area contributed by atoms with E-state index < -0.39 is 0 Å². The van der Waals surface area contributed by atoms with Crippen LogP contribution < -0.4 is 0 Å². The molecule has 1 heteroatoms. The van der Waals surface area contributed by atoms with E-state index in [1.807, 2.05) is 0 Å². The van der Waals surface area contributed by atoms with Gasteiger partial charge < -0.3 is 5.11 Å². The molecule has 0 unspecified atom stereocenters. The van der Waals surface area contributed by atoms with Crippen LogP contribution in [-0.4, -0.2) is 11.2 Å². The zero-order chi connectivity index (χ0) is 8.27. The van der Waals surface area contributed by atoms with Crippen LogP contribution in [0.15, 0.2) is 11.6 Å². The van der Waals surface area contributed by atoms with Crippen LogP contribution in [0.1, 0.15) is 39.5 Å². The molecule has 0 amide bonds. The minimum Gasteiger partial charge on any atom is -0.389 e. The molecule has 1 nitrogen and oxygen atoms in total. The van der Waals surface area contributed by atoms with Gasteiger partial charge >= 0.3 is 0 Å². The molecule has 0 heterocycles. The molecule has 0 aromatic heterocycles. The van der Waals surface area contributed by atoms with E-state index in [-0.39, 0.29) is 6.10 Å². The highest BCUT2D eigenvalue weighted by atomic mass is 16.3. The Kier molecular flexibility index (Phi) is 3.13. The Balaban J connectivity index is 2.53. The summed E-state index contributed by atoms with van der Waals surface area (Å²) in [6.45, 7) is 4.38. The van der Waals surface area contributed by atoms with Crippen molar-refractivity contribution in [2.24, 2.45) is 5.92 Å². The molecule has 0 aromatic carbocycles. The Morgan fingerprint density at radius 1 is 1.55 bits per heavy atom. The van der Waals surface area contributed by atoms with E-state index in [1.165, 1.54) is 12.0 Å². The van der Waals surface area contributed by atoms with Crippen LogP contribution in [0.3, 0.4) is 0 Å². The average Bonchev–Trinajstić information content (AvgIpc) is 2.29. The lowest BCUT2D eigenvalue weighted by Crippen LogP contribution is -2.04. The summed E-state index contributed by atoms with van der Waals surface area (Å²) >= 11 is 0. The van der Waals surface area contributed by atoms with Crippen molar-refractivity contribution >= 4 is 0 Å². The van der Waals surface area contributed by atoms with Gasteiger partial charge in [-0.15, -0.1) is 0 Å². The molecule has 0 aliphatic heterocycles. The summed E-state index contributed by atoms with van der Waals surface area (Å²) in [5, 5.41) is 9.52. The molecule has 1 N–H and O–H groups in total. The Bertz CT molecular complexity index is 137. The zero-order valence-corrected chi connectivity index (χ0v) is 7.51. The maximum Gasteiger partial charge on any atom is 0.0752 e. The minimum absolute atomic E-state index is 0.128. The molecule has 1 rings (SSSR count). The summed E-state index contributed by atoms with van der Waals surface area (Å²) in [5.41, 5.74) is 1.28. The number of unbranched alkanes of at least 4 members (excludes halogenated alkanes) is 1. The molecule has 2 atom stereocenters. The van der Waals surface area contributed by atoms with E-state index in [0.29, 0.717) is 5.92 Å². The first-order valence-corrected chi connectivity index (χ1v) is 4.63. The van der Waals surface area contributed by atoms with Crippen LogP contribution in [0.25, 0.3) is 0 Å².